The van der Waals surface area contributed by atoms with Crippen LogP contribution in [0.3, 0.4) is 0 Å². The van der Waals surface area contributed by atoms with Crippen molar-refractivity contribution in [2.45, 2.75) is 89.8 Å². The fraction of sp³-hybridized carbons (Fsp3) is 0.567. The summed E-state index contributed by atoms with van der Waals surface area (Å²) in [4.78, 5) is 14.1. The molecular formula is C30H39F2N3O2. The number of anilines is 2. The number of carbonyl (C=O) groups excluding carboxylic acids is 1. The normalized spacial score (nSPS) is 20.4. The van der Waals surface area contributed by atoms with Gasteiger partial charge in [-0.2, -0.15) is 0 Å². The molecule has 1 amide bonds. The van der Waals surface area contributed by atoms with Gasteiger partial charge in [-0.3, -0.25) is 4.79 Å². The van der Waals surface area contributed by atoms with Gasteiger partial charge in [-0.25, -0.2) is 8.78 Å². The van der Waals surface area contributed by atoms with Gasteiger partial charge in [-0.1, -0.05) is 56.2 Å². The third-order valence-corrected chi connectivity index (χ3v) is 8.45. The first-order valence-electron chi connectivity index (χ1n) is 13.9. The van der Waals surface area contributed by atoms with Crippen molar-refractivity contribution in [1.82, 2.24) is 5.32 Å². The van der Waals surface area contributed by atoms with Crippen LogP contribution in [-0.4, -0.2) is 24.2 Å². The van der Waals surface area contributed by atoms with Gasteiger partial charge >= 0.3 is 0 Å². The number of aryl methyl sites for hydroxylation is 2. The molecule has 5 rings (SSSR count). The summed E-state index contributed by atoms with van der Waals surface area (Å²) in [6.45, 7) is 4.17. The molecule has 2 aromatic rings. The monoisotopic (exact) mass is 511 g/mol. The molecule has 0 bridgehead atoms. The van der Waals surface area contributed by atoms with E-state index in [0.29, 0.717) is 11.4 Å². The number of carbonyl (C=O) groups is 1. The zero-order valence-electron chi connectivity index (χ0n) is 22.0. The third-order valence-electron chi connectivity index (χ3n) is 8.45. The van der Waals surface area contributed by atoms with Gasteiger partial charge in [0, 0.05) is 18.2 Å². The second-order valence-electron chi connectivity index (χ2n) is 11.3. The first-order valence-corrected chi connectivity index (χ1v) is 13.9. The summed E-state index contributed by atoms with van der Waals surface area (Å²) >= 11 is 0. The van der Waals surface area contributed by atoms with Crippen molar-refractivity contribution >= 4 is 17.3 Å². The minimum atomic E-state index is -1.04. The molecular weight excluding hydrogens is 472 g/mol. The van der Waals surface area contributed by atoms with E-state index in [1.165, 1.54) is 18.6 Å². The minimum absolute atomic E-state index is 0.00298. The molecule has 0 radical (unpaired) electrons. The van der Waals surface area contributed by atoms with E-state index in [-0.39, 0.29) is 24.5 Å². The van der Waals surface area contributed by atoms with Crippen LogP contribution in [0.15, 0.2) is 30.3 Å². The van der Waals surface area contributed by atoms with E-state index < -0.39 is 23.2 Å². The summed E-state index contributed by atoms with van der Waals surface area (Å²) in [6, 6.07) is 8.52. The Labute approximate surface area is 218 Å². The van der Waals surface area contributed by atoms with Crippen LogP contribution >= 0.6 is 0 Å². The molecule has 0 spiro atoms. The molecule has 200 valence electrons. The van der Waals surface area contributed by atoms with Crippen LogP contribution in [0, 0.1) is 37.3 Å². The van der Waals surface area contributed by atoms with Crippen molar-refractivity contribution in [2.75, 3.05) is 17.2 Å². The van der Waals surface area contributed by atoms with Crippen molar-refractivity contribution in [1.29, 1.82) is 0 Å². The SMILES string of the molecule is Cc1ccc(OCC2(C(C(=O)NC3CCCCC3)C3CCCCC3)Nc3cc(F)c(F)cc3N2)c(C)c1. The number of ether oxygens (including phenoxy) is 1. The standard InChI is InChI=1S/C30H39F2N3O2/c1-19-13-14-27(20(2)15-19)37-18-30(34-25-16-23(31)24(32)17-26(25)35-30)28(21-9-5-3-6-10-21)29(36)33-22-11-7-4-8-12-22/h13-17,21-22,28,34-35H,3-12,18H2,1-2H3,(H,33,36). The first kappa shape index (κ1) is 25.8. The molecule has 1 aliphatic heterocycles. The molecule has 2 fully saturated rings. The van der Waals surface area contributed by atoms with Crippen molar-refractivity contribution < 1.29 is 18.3 Å². The lowest BCUT2D eigenvalue weighted by Crippen LogP contribution is -2.61. The van der Waals surface area contributed by atoms with Crippen molar-refractivity contribution in [3.63, 3.8) is 0 Å². The Morgan fingerprint density at radius 2 is 1.54 bits per heavy atom. The van der Waals surface area contributed by atoms with E-state index in [1.807, 2.05) is 26.0 Å². The van der Waals surface area contributed by atoms with E-state index in [0.717, 1.165) is 74.7 Å². The average molecular weight is 512 g/mol. The van der Waals surface area contributed by atoms with Crippen molar-refractivity contribution in [3.05, 3.63) is 53.1 Å². The maximum Gasteiger partial charge on any atom is 0.228 e. The predicted molar refractivity (Wildman–Crippen MR) is 143 cm³/mol. The van der Waals surface area contributed by atoms with Crippen LogP contribution in [-0.2, 0) is 4.79 Å². The van der Waals surface area contributed by atoms with Crippen LogP contribution in [0.4, 0.5) is 20.2 Å². The summed E-state index contributed by atoms with van der Waals surface area (Å²) in [5, 5.41) is 10.2. The Hall–Kier alpha value is -2.83. The Morgan fingerprint density at radius 1 is 0.946 bits per heavy atom. The van der Waals surface area contributed by atoms with E-state index in [4.69, 9.17) is 4.74 Å². The van der Waals surface area contributed by atoms with Gasteiger partial charge in [0.1, 0.15) is 12.4 Å². The number of nitrogens with one attached hydrogen (secondary N) is 3. The summed E-state index contributed by atoms with van der Waals surface area (Å²) in [7, 11) is 0. The third kappa shape index (κ3) is 5.55. The average Bonchev–Trinajstić information content (AvgIpc) is 3.22. The molecule has 7 heteroatoms. The maximum atomic E-state index is 14.2. The second-order valence-corrected chi connectivity index (χ2v) is 11.3. The van der Waals surface area contributed by atoms with Crippen molar-refractivity contribution in [3.8, 4) is 5.75 Å². The van der Waals surface area contributed by atoms with Crippen molar-refractivity contribution in [2.24, 2.45) is 11.8 Å². The largest absolute Gasteiger partial charge is 0.489 e. The Balaban J connectivity index is 1.50. The molecule has 1 atom stereocenters. The fourth-order valence-corrected chi connectivity index (χ4v) is 6.58. The molecule has 1 unspecified atom stereocenters. The highest BCUT2D eigenvalue weighted by molar-refractivity contribution is 5.86. The first-order chi connectivity index (χ1) is 17.8. The van der Waals surface area contributed by atoms with Crippen LogP contribution in [0.25, 0.3) is 0 Å². The smallest absolute Gasteiger partial charge is 0.228 e. The van der Waals surface area contributed by atoms with Crippen LogP contribution in [0.2, 0.25) is 0 Å². The molecule has 2 aliphatic carbocycles. The van der Waals surface area contributed by atoms with E-state index in [9.17, 15) is 13.6 Å². The van der Waals surface area contributed by atoms with Gasteiger partial charge in [-0.05, 0) is 57.1 Å². The second kappa shape index (κ2) is 10.9. The van der Waals surface area contributed by atoms with E-state index >= 15 is 0 Å². The lowest BCUT2D eigenvalue weighted by atomic mass is 9.73. The summed E-state index contributed by atoms with van der Waals surface area (Å²) in [5.74, 6) is -1.45. The summed E-state index contributed by atoms with van der Waals surface area (Å²) < 4.78 is 34.9. The number of hydrogen-bond donors (Lipinski definition) is 3. The zero-order valence-corrected chi connectivity index (χ0v) is 22.0. The Bertz CT molecular complexity index is 1100. The lowest BCUT2D eigenvalue weighted by Gasteiger charge is -2.43. The topological polar surface area (TPSA) is 62.4 Å². The highest BCUT2D eigenvalue weighted by Crippen LogP contribution is 2.45. The van der Waals surface area contributed by atoms with Gasteiger partial charge in [0.25, 0.3) is 0 Å². The molecule has 3 aliphatic rings. The maximum absolute atomic E-state index is 14.2. The molecule has 0 saturated heterocycles. The van der Waals surface area contributed by atoms with Gasteiger partial charge in [0.15, 0.2) is 17.3 Å². The molecule has 0 aromatic heterocycles. The fourth-order valence-electron chi connectivity index (χ4n) is 6.58. The molecule has 5 nitrogen and oxygen atoms in total. The van der Waals surface area contributed by atoms with Gasteiger partial charge in [0.05, 0.1) is 17.3 Å². The summed E-state index contributed by atoms with van der Waals surface area (Å²) in [5.41, 5.74) is 2.01. The highest BCUT2D eigenvalue weighted by atomic mass is 19.2. The Morgan fingerprint density at radius 3 is 2.14 bits per heavy atom. The number of fused-ring (bicyclic) bond motifs is 1. The molecule has 37 heavy (non-hydrogen) atoms. The van der Waals surface area contributed by atoms with Gasteiger partial charge in [-0.15, -0.1) is 0 Å². The van der Waals surface area contributed by atoms with Crippen LogP contribution in [0.5, 0.6) is 5.75 Å². The van der Waals surface area contributed by atoms with E-state index in [1.54, 1.807) is 0 Å². The highest BCUT2D eigenvalue weighted by Gasteiger charge is 2.52. The lowest BCUT2D eigenvalue weighted by molar-refractivity contribution is -0.130. The van der Waals surface area contributed by atoms with Crippen LogP contribution in [0.1, 0.15) is 75.3 Å². The van der Waals surface area contributed by atoms with Gasteiger partial charge < -0.3 is 20.7 Å². The molecule has 2 saturated carbocycles. The number of benzene rings is 2. The van der Waals surface area contributed by atoms with E-state index in [2.05, 4.69) is 22.0 Å². The number of amides is 1. The Kier molecular flexibility index (Phi) is 7.59. The van der Waals surface area contributed by atoms with Crippen LogP contribution < -0.4 is 20.7 Å². The molecule has 1 heterocycles. The summed E-state index contributed by atoms with van der Waals surface area (Å²) in [6.07, 6.45) is 10.6. The predicted octanol–water partition coefficient (Wildman–Crippen LogP) is 6.84. The minimum Gasteiger partial charge on any atom is -0.489 e. The number of rotatable bonds is 7. The zero-order chi connectivity index (χ0) is 26.0. The number of halogens is 2. The number of hydrogen-bond acceptors (Lipinski definition) is 4. The molecule has 3 N–H and O–H groups in total. The van der Waals surface area contributed by atoms with Gasteiger partial charge in [0.2, 0.25) is 5.91 Å². The molecule has 2 aromatic carbocycles. The quantitative estimate of drug-likeness (QED) is 0.381.